The molecule has 2 amide bonds. The first-order valence-corrected chi connectivity index (χ1v) is 12.7. The highest BCUT2D eigenvalue weighted by molar-refractivity contribution is 5.99. The van der Waals surface area contributed by atoms with E-state index in [4.69, 9.17) is 14.2 Å². The average Bonchev–Trinajstić information content (AvgIpc) is 3.29. The second kappa shape index (κ2) is 11.4. The summed E-state index contributed by atoms with van der Waals surface area (Å²) in [7, 11) is 3.27. The van der Waals surface area contributed by atoms with Gasteiger partial charge < -0.3 is 29.7 Å². The summed E-state index contributed by atoms with van der Waals surface area (Å²) >= 11 is 0. The van der Waals surface area contributed by atoms with E-state index in [1.54, 1.807) is 14.2 Å². The highest BCUT2D eigenvalue weighted by atomic mass is 16.5. The monoisotopic (exact) mass is 517 g/mol. The molecule has 1 fully saturated rings. The van der Waals surface area contributed by atoms with Gasteiger partial charge in [-0.05, 0) is 55.5 Å². The molecule has 1 saturated heterocycles. The number of hydrogen-bond acceptors (Lipinski definition) is 8. The summed E-state index contributed by atoms with van der Waals surface area (Å²) in [5.41, 5.74) is 3.10. The van der Waals surface area contributed by atoms with Gasteiger partial charge in [0.2, 0.25) is 17.7 Å². The van der Waals surface area contributed by atoms with Gasteiger partial charge in [-0.2, -0.15) is 4.98 Å². The number of nitrogens with zero attached hydrogens (tertiary/aromatic N) is 3. The standard InChI is InChI=1S/C28H31N5O5/c1-36-19-11-9-18(10-12-19)17-38-27-21(25(34)31-22-6-3-4-14-29-26(22)35)16-30-28(32-27)33-15-13-20-23(33)7-5-8-24(20)37-2/h5,7-12,16,22H,3-4,6,13-15,17H2,1-2H3,(H,29,35)(H,31,34). The normalized spacial score (nSPS) is 16.7. The number of methoxy groups -OCH3 is 2. The lowest BCUT2D eigenvalue weighted by Gasteiger charge is -2.20. The Kier molecular flexibility index (Phi) is 7.57. The zero-order valence-electron chi connectivity index (χ0n) is 21.5. The van der Waals surface area contributed by atoms with E-state index in [1.165, 1.54) is 6.20 Å². The van der Waals surface area contributed by atoms with Crippen LogP contribution in [0, 0.1) is 0 Å². The van der Waals surface area contributed by atoms with Crippen LogP contribution in [0.4, 0.5) is 11.6 Å². The highest BCUT2D eigenvalue weighted by Gasteiger charge is 2.29. The fourth-order valence-electron chi connectivity index (χ4n) is 4.74. The van der Waals surface area contributed by atoms with Gasteiger partial charge in [0.05, 0.1) is 19.9 Å². The number of benzene rings is 2. The van der Waals surface area contributed by atoms with Crippen molar-refractivity contribution in [2.45, 2.75) is 38.3 Å². The van der Waals surface area contributed by atoms with Crippen molar-refractivity contribution in [2.75, 3.05) is 32.2 Å². The fraction of sp³-hybridized carbons (Fsp3) is 0.357. The zero-order chi connectivity index (χ0) is 26.5. The van der Waals surface area contributed by atoms with Gasteiger partial charge in [-0.3, -0.25) is 9.59 Å². The fourth-order valence-corrected chi connectivity index (χ4v) is 4.74. The molecule has 2 aliphatic heterocycles. The maximum Gasteiger partial charge on any atom is 0.259 e. The quantitative estimate of drug-likeness (QED) is 0.468. The maximum atomic E-state index is 13.3. The summed E-state index contributed by atoms with van der Waals surface area (Å²) in [6, 6.07) is 12.7. The summed E-state index contributed by atoms with van der Waals surface area (Å²) in [6.45, 7) is 1.47. The minimum atomic E-state index is -0.614. The molecule has 0 bridgehead atoms. The van der Waals surface area contributed by atoms with Crippen LogP contribution < -0.4 is 29.7 Å². The molecule has 3 aromatic rings. The second-order valence-electron chi connectivity index (χ2n) is 9.20. The highest BCUT2D eigenvalue weighted by Crippen LogP contribution is 2.38. The largest absolute Gasteiger partial charge is 0.497 e. The van der Waals surface area contributed by atoms with Crippen molar-refractivity contribution < 1.29 is 23.8 Å². The van der Waals surface area contributed by atoms with E-state index in [9.17, 15) is 9.59 Å². The summed E-state index contributed by atoms with van der Waals surface area (Å²) in [6.07, 6.45) is 4.55. The van der Waals surface area contributed by atoms with Crippen molar-refractivity contribution in [3.63, 3.8) is 0 Å². The Labute approximate surface area is 221 Å². The molecular weight excluding hydrogens is 486 g/mol. The number of aromatic nitrogens is 2. The molecular formula is C28H31N5O5. The number of carbonyl (C=O) groups excluding carboxylic acids is 2. The van der Waals surface area contributed by atoms with Crippen LogP contribution in [0.3, 0.4) is 0 Å². The molecule has 1 aromatic heterocycles. The van der Waals surface area contributed by atoms with Crippen LogP contribution >= 0.6 is 0 Å². The number of nitrogens with one attached hydrogen (secondary N) is 2. The van der Waals surface area contributed by atoms with Crippen LogP contribution in [0.15, 0.2) is 48.7 Å². The van der Waals surface area contributed by atoms with Crippen molar-refractivity contribution in [2.24, 2.45) is 0 Å². The van der Waals surface area contributed by atoms with E-state index in [0.717, 1.165) is 47.6 Å². The third kappa shape index (κ3) is 5.34. The van der Waals surface area contributed by atoms with Gasteiger partial charge in [0.1, 0.15) is 29.7 Å². The molecule has 0 spiro atoms. The number of carbonyl (C=O) groups is 2. The molecule has 0 radical (unpaired) electrons. The minimum Gasteiger partial charge on any atom is -0.497 e. The Morgan fingerprint density at radius 3 is 2.76 bits per heavy atom. The predicted octanol–water partition coefficient (Wildman–Crippen LogP) is 3.17. The van der Waals surface area contributed by atoms with Gasteiger partial charge in [-0.15, -0.1) is 0 Å². The van der Waals surface area contributed by atoms with E-state index in [0.29, 0.717) is 25.5 Å². The number of amides is 2. The molecule has 5 rings (SSSR count). The molecule has 1 atom stereocenters. The first-order chi connectivity index (χ1) is 18.6. The minimum absolute atomic E-state index is 0.147. The maximum absolute atomic E-state index is 13.3. The molecule has 0 saturated carbocycles. The van der Waals surface area contributed by atoms with E-state index in [1.807, 2.05) is 47.4 Å². The van der Waals surface area contributed by atoms with Gasteiger partial charge in [-0.1, -0.05) is 18.2 Å². The average molecular weight is 518 g/mol. The Balaban J connectivity index is 1.43. The van der Waals surface area contributed by atoms with E-state index in [2.05, 4.69) is 20.6 Å². The smallest absolute Gasteiger partial charge is 0.259 e. The Hall–Kier alpha value is -4.34. The number of anilines is 2. The Morgan fingerprint density at radius 2 is 1.97 bits per heavy atom. The molecule has 2 N–H and O–H groups in total. The van der Waals surface area contributed by atoms with Crippen molar-refractivity contribution in [3.05, 3.63) is 65.4 Å². The zero-order valence-corrected chi connectivity index (χ0v) is 21.5. The van der Waals surface area contributed by atoms with Crippen molar-refractivity contribution in [1.29, 1.82) is 0 Å². The van der Waals surface area contributed by atoms with Gasteiger partial charge in [-0.25, -0.2) is 4.98 Å². The van der Waals surface area contributed by atoms with Gasteiger partial charge in [0.25, 0.3) is 5.91 Å². The van der Waals surface area contributed by atoms with Gasteiger partial charge in [0, 0.05) is 24.8 Å². The number of ether oxygens (including phenoxy) is 3. The number of fused-ring (bicyclic) bond motifs is 1. The summed E-state index contributed by atoms with van der Waals surface area (Å²) < 4.78 is 16.8. The first-order valence-electron chi connectivity index (χ1n) is 12.7. The second-order valence-corrected chi connectivity index (χ2v) is 9.20. The SMILES string of the molecule is COc1ccc(COc2nc(N3CCc4c(OC)cccc43)ncc2C(=O)NC2CCCCNC2=O)cc1. The van der Waals surface area contributed by atoms with E-state index in [-0.39, 0.29) is 24.0 Å². The molecule has 0 aliphatic carbocycles. The van der Waals surface area contributed by atoms with Gasteiger partial charge in [0.15, 0.2) is 0 Å². The van der Waals surface area contributed by atoms with E-state index < -0.39 is 11.9 Å². The van der Waals surface area contributed by atoms with Crippen LogP contribution in [0.25, 0.3) is 0 Å². The molecule has 38 heavy (non-hydrogen) atoms. The summed E-state index contributed by atoms with van der Waals surface area (Å²) in [4.78, 5) is 36.9. The topological polar surface area (TPSA) is 115 Å². The van der Waals surface area contributed by atoms with Crippen molar-refractivity contribution in [1.82, 2.24) is 20.6 Å². The van der Waals surface area contributed by atoms with Crippen LogP contribution in [0.1, 0.15) is 40.7 Å². The van der Waals surface area contributed by atoms with Crippen molar-refractivity contribution >= 4 is 23.5 Å². The molecule has 198 valence electrons. The van der Waals surface area contributed by atoms with E-state index >= 15 is 0 Å². The lowest BCUT2D eigenvalue weighted by Crippen LogP contribution is -2.45. The first kappa shape index (κ1) is 25.3. The lowest BCUT2D eigenvalue weighted by atomic mass is 10.1. The van der Waals surface area contributed by atoms with Crippen LogP contribution in [-0.4, -0.2) is 55.1 Å². The summed E-state index contributed by atoms with van der Waals surface area (Å²) in [5, 5.41) is 5.68. The summed E-state index contributed by atoms with van der Waals surface area (Å²) in [5.74, 6) is 1.49. The predicted molar refractivity (Wildman–Crippen MR) is 141 cm³/mol. The third-order valence-electron chi connectivity index (χ3n) is 6.81. The van der Waals surface area contributed by atoms with Crippen LogP contribution in [0.2, 0.25) is 0 Å². The molecule has 10 nitrogen and oxygen atoms in total. The molecule has 3 heterocycles. The van der Waals surface area contributed by atoms with Crippen LogP contribution in [0.5, 0.6) is 17.4 Å². The molecule has 2 aromatic carbocycles. The Bertz CT molecular complexity index is 1310. The molecule has 10 heteroatoms. The number of hydrogen-bond donors (Lipinski definition) is 2. The molecule has 1 unspecified atom stereocenters. The number of rotatable bonds is 8. The third-order valence-corrected chi connectivity index (χ3v) is 6.81. The van der Waals surface area contributed by atoms with Gasteiger partial charge >= 0.3 is 0 Å². The Morgan fingerprint density at radius 1 is 1.13 bits per heavy atom. The lowest BCUT2D eigenvalue weighted by molar-refractivity contribution is -0.122. The van der Waals surface area contributed by atoms with Crippen LogP contribution in [-0.2, 0) is 17.8 Å². The molecule has 2 aliphatic rings. The van der Waals surface area contributed by atoms with Crippen molar-refractivity contribution in [3.8, 4) is 17.4 Å².